The van der Waals surface area contributed by atoms with Crippen LogP contribution in [-0.4, -0.2) is 39.3 Å². The molecule has 0 aliphatic carbocycles. The van der Waals surface area contributed by atoms with E-state index in [4.69, 9.17) is 5.73 Å². The van der Waals surface area contributed by atoms with Crippen molar-refractivity contribution in [2.45, 2.75) is 25.8 Å². The summed E-state index contributed by atoms with van der Waals surface area (Å²) in [4.78, 5) is 2.23. The Kier molecular flexibility index (Phi) is 2.86. The van der Waals surface area contributed by atoms with Crippen molar-refractivity contribution in [2.24, 2.45) is 18.7 Å². The zero-order chi connectivity index (χ0) is 10.8. The third-order valence-corrected chi connectivity index (χ3v) is 3.21. The third kappa shape index (κ3) is 1.81. The summed E-state index contributed by atoms with van der Waals surface area (Å²) in [5.74, 6) is 1.44. The molecule has 15 heavy (non-hydrogen) atoms. The van der Waals surface area contributed by atoms with E-state index in [0.717, 1.165) is 12.5 Å². The fraction of sp³-hybridized carbons (Fsp3) is 0.889. The van der Waals surface area contributed by atoms with E-state index in [-0.39, 0.29) is 0 Å². The van der Waals surface area contributed by atoms with Crippen LogP contribution in [0.15, 0.2) is 0 Å². The van der Waals surface area contributed by atoms with Crippen molar-refractivity contribution < 1.29 is 0 Å². The van der Waals surface area contributed by atoms with Gasteiger partial charge in [-0.15, -0.1) is 0 Å². The number of hydrogen-bond donors (Lipinski definition) is 1. The number of nitrogens with two attached hydrogens (primary N) is 1. The summed E-state index contributed by atoms with van der Waals surface area (Å²) >= 11 is 0. The van der Waals surface area contributed by atoms with Gasteiger partial charge in [0, 0.05) is 26.2 Å². The van der Waals surface area contributed by atoms with Crippen LogP contribution in [0.1, 0.15) is 19.8 Å². The van der Waals surface area contributed by atoms with Crippen LogP contribution in [0.3, 0.4) is 0 Å². The van der Waals surface area contributed by atoms with E-state index < -0.39 is 0 Å². The first kappa shape index (κ1) is 10.4. The lowest BCUT2D eigenvalue weighted by molar-refractivity contribution is 0.343. The number of aryl methyl sites for hydroxylation is 1. The van der Waals surface area contributed by atoms with Crippen LogP contribution in [-0.2, 0) is 7.05 Å². The fourth-order valence-corrected chi connectivity index (χ4v) is 2.32. The fourth-order valence-electron chi connectivity index (χ4n) is 2.32. The molecule has 0 radical (unpaired) electrons. The molecule has 1 aromatic heterocycles. The number of rotatable bonds is 2. The predicted molar refractivity (Wildman–Crippen MR) is 57.4 cm³/mol. The zero-order valence-electron chi connectivity index (χ0n) is 9.30. The summed E-state index contributed by atoms with van der Waals surface area (Å²) in [5.41, 5.74) is 5.82. The molecule has 1 fully saturated rings. The Morgan fingerprint density at radius 3 is 2.93 bits per heavy atom. The number of nitrogens with zero attached hydrogens (tertiary/aromatic N) is 5. The molecular weight excluding hydrogens is 192 g/mol. The van der Waals surface area contributed by atoms with Crippen molar-refractivity contribution in [3.05, 3.63) is 0 Å². The number of hydrogen-bond acceptors (Lipinski definition) is 5. The predicted octanol–water partition coefficient (Wildman–Crippen LogP) is -0.226. The Morgan fingerprint density at radius 1 is 1.53 bits per heavy atom. The van der Waals surface area contributed by atoms with Crippen molar-refractivity contribution in [3.63, 3.8) is 0 Å². The quantitative estimate of drug-likeness (QED) is 0.730. The van der Waals surface area contributed by atoms with Crippen LogP contribution in [0.4, 0.5) is 5.95 Å². The lowest BCUT2D eigenvalue weighted by Crippen LogP contribution is -2.49. The summed E-state index contributed by atoms with van der Waals surface area (Å²) in [5, 5.41) is 11.6. The second-order valence-corrected chi connectivity index (χ2v) is 4.22. The number of piperidine rings is 1. The first-order chi connectivity index (χ1) is 7.24. The summed E-state index contributed by atoms with van der Waals surface area (Å²) in [6.07, 6.45) is 2.42. The molecule has 6 heteroatoms. The minimum Gasteiger partial charge on any atom is -0.335 e. The molecule has 2 unspecified atom stereocenters. The SMILES string of the molecule is CC1CCCN(c2nnnn2C)C1CN. The van der Waals surface area contributed by atoms with E-state index in [1.807, 2.05) is 7.05 Å². The van der Waals surface area contributed by atoms with Gasteiger partial charge in [0.1, 0.15) is 0 Å². The highest BCUT2D eigenvalue weighted by Gasteiger charge is 2.30. The molecule has 1 aliphatic heterocycles. The summed E-state index contributed by atoms with van der Waals surface area (Å²) < 4.78 is 1.71. The standard InChI is InChI=1S/C9H18N6/c1-7-4-3-5-15(8(7)6-10)9-11-12-13-14(9)2/h7-8H,3-6,10H2,1-2H3. The van der Waals surface area contributed by atoms with Crippen LogP contribution in [0.2, 0.25) is 0 Å². The molecule has 1 saturated heterocycles. The second kappa shape index (κ2) is 4.14. The molecule has 2 atom stereocenters. The molecular formula is C9H18N6. The maximum Gasteiger partial charge on any atom is 0.245 e. The molecule has 0 spiro atoms. The van der Waals surface area contributed by atoms with Gasteiger partial charge in [-0.1, -0.05) is 12.0 Å². The van der Waals surface area contributed by atoms with Crippen LogP contribution in [0, 0.1) is 5.92 Å². The Labute approximate surface area is 89.4 Å². The van der Waals surface area contributed by atoms with Gasteiger partial charge in [0.05, 0.1) is 0 Å². The monoisotopic (exact) mass is 210 g/mol. The van der Waals surface area contributed by atoms with E-state index >= 15 is 0 Å². The molecule has 0 bridgehead atoms. The van der Waals surface area contributed by atoms with Gasteiger partial charge in [0.2, 0.25) is 5.95 Å². The molecule has 1 aliphatic rings. The van der Waals surface area contributed by atoms with Crippen molar-refractivity contribution in [1.29, 1.82) is 0 Å². The van der Waals surface area contributed by atoms with Gasteiger partial charge in [-0.3, -0.25) is 0 Å². The Morgan fingerprint density at radius 2 is 2.33 bits per heavy atom. The van der Waals surface area contributed by atoms with E-state index in [1.54, 1.807) is 4.68 Å². The van der Waals surface area contributed by atoms with Gasteiger partial charge in [-0.2, -0.15) is 0 Å². The summed E-state index contributed by atoms with van der Waals surface area (Å²) in [7, 11) is 1.86. The van der Waals surface area contributed by atoms with E-state index in [2.05, 4.69) is 27.3 Å². The van der Waals surface area contributed by atoms with Crippen molar-refractivity contribution in [1.82, 2.24) is 20.2 Å². The Bertz CT molecular complexity index is 322. The van der Waals surface area contributed by atoms with Gasteiger partial charge < -0.3 is 10.6 Å². The second-order valence-electron chi connectivity index (χ2n) is 4.22. The zero-order valence-corrected chi connectivity index (χ0v) is 9.30. The third-order valence-electron chi connectivity index (χ3n) is 3.21. The van der Waals surface area contributed by atoms with Crippen LogP contribution in [0.25, 0.3) is 0 Å². The van der Waals surface area contributed by atoms with Crippen molar-refractivity contribution in [3.8, 4) is 0 Å². The molecule has 2 rings (SSSR count). The summed E-state index contributed by atoms with van der Waals surface area (Å²) in [6, 6.07) is 0.364. The van der Waals surface area contributed by atoms with E-state index in [1.165, 1.54) is 12.8 Å². The molecule has 0 amide bonds. The lowest BCUT2D eigenvalue weighted by Gasteiger charge is -2.39. The average molecular weight is 210 g/mol. The van der Waals surface area contributed by atoms with Gasteiger partial charge in [-0.05, 0) is 29.2 Å². The van der Waals surface area contributed by atoms with Crippen molar-refractivity contribution in [2.75, 3.05) is 18.0 Å². The maximum absolute atomic E-state index is 5.82. The molecule has 2 N–H and O–H groups in total. The van der Waals surface area contributed by atoms with Gasteiger partial charge in [-0.25, -0.2) is 4.68 Å². The van der Waals surface area contributed by atoms with E-state index in [9.17, 15) is 0 Å². The molecule has 6 nitrogen and oxygen atoms in total. The van der Waals surface area contributed by atoms with Crippen LogP contribution >= 0.6 is 0 Å². The molecule has 0 saturated carbocycles. The molecule has 1 aromatic rings. The highest BCUT2D eigenvalue weighted by Crippen LogP contribution is 2.25. The lowest BCUT2D eigenvalue weighted by atomic mass is 9.91. The Balaban J connectivity index is 2.23. The molecule has 0 aromatic carbocycles. The van der Waals surface area contributed by atoms with Gasteiger partial charge in [0.25, 0.3) is 0 Å². The van der Waals surface area contributed by atoms with E-state index in [0.29, 0.717) is 18.5 Å². The first-order valence-electron chi connectivity index (χ1n) is 5.43. The highest BCUT2D eigenvalue weighted by atomic mass is 15.6. The van der Waals surface area contributed by atoms with Gasteiger partial charge >= 0.3 is 0 Å². The summed E-state index contributed by atoms with van der Waals surface area (Å²) in [6.45, 7) is 3.90. The smallest absolute Gasteiger partial charge is 0.245 e. The normalized spacial score (nSPS) is 27.0. The topological polar surface area (TPSA) is 72.9 Å². The number of aromatic nitrogens is 4. The van der Waals surface area contributed by atoms with Crippen molar-refractivity contribution >= 4 is 5.95 Å². The van der Waals surface area contributed by atoms with Gasteiger partial charge in [0.15, 0.2) is 0 Å². The number of anilines is 1. The first-order valence-corrected chi connectivity index (χ1v) is 5.43. The van der Waals surface area contributed by atoms with Crippen LogP contribution < -0.4 is 10.6 Å². The molecule has 2 heterocycles. The van der Waals surface area contributed by atoms with Crippen LogP contribution in [0.5, 0.6) is 0 Å². The maximum atomic E-state index is 5.82. The largest absolute Gasteiger partial charge is 0.335 e. The molecule has 84 valence electrons. The average Bonchev–Trinajstić information content (AvgIpc) is 2.64. The number of tetrazole rings is 1. The highest BCUT2D eigenvalue weighted by molar-refractivity contribution is 5.31. The Hall–Kier alpha value is -1.17. The minimum absolute atomic E-state index is 0.364. The minimum atomic E-state index is 0.364.